The van der Waals surface area contributed by atoms with Crippen molar-refractivity contribution >= 4 is 40.2 Å². The van der Waals surface area contributed by atoms with Gasteiger partial charge in [-0.25, -0.2) is 4.98 Å². The average Bonchev–Trinajstić information content (AvgIpc) is 2.73. The topological polar surface area (TPSA) is 64.4 Å². The van der Waals surface area contributed by atoms with Gasteiger partial charge >= 0.3 is 0 Å². The number of thioether (sulfide) groups is 1. The van der Waals surface area contributed by atoms with Crippen LogP contribution in [0.4, 0.5) is 0 Å². The Hall–Kier alpha value is -1.57. The summed E-state index contributed by atoms with van der Waals surface area (Å²) in [5.41, 5.74) is 0.442. The number of methoxy groups -OCH3 is 1. The fourth-order valence-corrected chi connectivity index (χ4v) is 5.03. The van der Waals surface area contributed by atoms with Crippen molar-refractivity contribution in [2.75, 3.05) is 26.5 Å². The van der Waals surface area contributed by atoms with E-state index in [1.54, 1.807) is 29.9 Å². The molecule has 0 saturated heterocycles. The van der Waals surface area contributed by atoms with Gasteiger partial charge in [-0.1, -0.05) is 30.3 Å². The molecule has 0 atom stereocenters. The Morgan fingerprint density at radius 3 is 2.77 bits per heavy atom. The molecule has 164 valence electrons. The quantitative estimate of drug-likeness (QED) is 0.341. The van der Waals surface area contributed by atoms with E-state index in [-0.39, 0.29) is 17.2 Å². The van der Waals surface area contributed by atoms with Crippen LogP contribution < -0.4 is 5.56 Å². The molecule has 30 heavy (non-hydrogen) atoms. The van der Waals surface area contributed by atoms with Gasteiger partial charge in [-0.3, -0.25) is 14.2 Å². The summed E-state index contributed by atoms with van der Waals surface area (Å²) in [6, 6.07) is 5.40. The molecule has 6 nitrogen and oxygen atoms in total. The first kappa shape index (κ1) is 23.1. The molecule has 0 radical (unpaired) electrons. The minimum atomic E-state index is -0.114. The summed E-state index contributed by atoms with van der Waals surface area (Å²) in [7, 11) is 3.53. The van der Waals surface area contributed by atoms with Gasteiger partial charge in [0.1, 0.15) is 0 Å². The number of carbonyl (C=O) groups is 1. The number of hydrogen-bond acceptors (Lipinski definition) is 5. The number of halogens is 1. The summed E-state index contributed by atoms with van der Waals surface area (Å²) < 4.78 is 6.78. The van der Waals surface area contributed by atoms with Crippen molar-refractivity contribution in [1.29, 1.82) is 0 Å². The van der Waals surface area contributed by atoms with E-state index >= 15 is 0 Å². The van der Waals surface area contributed by atoms with Crippen molar-refractivity contribution < 1.29 is 9.53 Å². The minimum absolute atomic E-state index is 0.0726. The summed E-state index contributed by atoms with van der Waals surface area (Å²) in [6.07, 6.45) is 5.15. The zero-order valence-corrected chi connectivity index (χ0v) is 19.5. The van der Waals surface area contributed by atoms with Crippen LogP contribution in [0.15, 0.2) is 28.2 Å². The first-order valence-electron chi connectivity index (χ1n) is 10.5. The number of amides is 1. The molecule has 2 aromatic rings. The fourth-order valence-electron chi connectivity index (χ4n) is 3.91. The lowest BCUT2D eigenvalue weighted by molar-refractivity contribution is -0.129. The van der Waals surface area contributed by atoms with Crippen LogP contribution in [0.5, 0.6) is 0 Å². The molecule has 1 aliphatic rings. The Morgan fingerprint density at radius 2 is 2.07 bits per heavy atom. The van der Waals surface area contributed by atoms with E-state index < -0.39 is 0 Å². The maximum absolute atomic E-state index is 13.0. The maximum Gasteiger partial charge on any atom is 0.262 e. The summed E-state index contributed by atoms with van der Waals surface area (Å²) in [6.45, 7) is 3.32. The fraction of sp³-hybridized carbons (Fsp3) is 0.591. The Balaban J connectivity index is 1.78. The summed E-state index contributed by atoms with van der Waals surface area (Å²) in [5, 5.41) is 1.61. The van der Waals surface area contributed by atoms with E-state index in [2.05, 4.69) is 11.9 Å². The van der Waals surface area contributed by atoms with Gasteiger partial charge in [0.05, 0.1) is 16.7 Å². The molecule has 0 bridgehead atoms. The van der Waals surface area contributed by atoms with Crippen molar-refractivity contribution in [2.24, 2.45) is 5.92 Å². The zero-order valence-electron chi connectivity index (χ0n) is 17.9. The first-order chi connectivity index (χ1) is 14.4. The molecule has 8 heteroatoms. The number of nitrogens with zero attached hydrogens (tertiary/aromatic N) is 3. The molecular weight excluding hydrogens is 422 g/mol. The number of hydrogen-bond donors (Lipinski definition) is 0. The number of ether oxygens (including phenoxy) is 1. The van der Waals surface area contributed by atoms with Gasteiger partial charge < -0.3 is 9.64 Å². The SMILES string of the molecule is COCCCn1c(SCC(=O)N(C)C2CCC(C)CC2)nc2cc(Cl)ccc2c1=O. The van der Waals surface area contributed by atoms with Crippen molar-refractivity contribution in [3.05, 3.63) is 33.6 Å². The van der Waals surface area contributed by atoms with Gasteiger partial charge in [0, 0.05) is 38.4 Å². The summed E-state index contributed by atoms with van der Waals surface area (Å²) in [5.74, 6) is 1.07. The van der Waals surface area contributed by atoms with Crippen LogP contribution >= 0.6 is 23.4 Å². The molecule has 0 aliphatic heterocycles. The van der Waals surface area contributed by atoms with Crippen LogP contribution in [-0.2, 0) is 16.1 Å². The van der Waals surface area contributed by atoms with Crippen molar-refractivity contribution in [1.82, 2.24) is 14.5 Å². The van der Waals surface area contributed by atoms with E-state index in [1.165, 1.54) is 24.6 Å². The van der Waals surface area contributed by atoms with Crippen LogP contribution in [-0.4, -0.2) is 52.9 Å². The van der Waals surface area contributed by atoms with E-state index in [4.69, 9.17) is 16.3 Å². The molecule has 0 N–H and O–H groups in total. The highest BCUT2D eigenvalue weighted by atomic mass is 35.5. The smallest absolute Gasteiger partial charge is 0.262 e. The first-order valence-corrected chi connectivity index (χ1v) is 11.8. The highest BCUT2D eigenvalue weighted by Gasteiger charge is 2.25. The van der Waals surface area contributed by atoms with E-state index in [0.717, 1.165) is 18.8 Å². The number of aromatic nitrogens is 2. The monoisotopic (exact) mass is 451 g/mol. The number of fused-ring (bicyclic) bond motifs is 1. The molecule has 1 aromatic heterocycles. The van der Waals surface area contributed by atoms with Crippen molar-refractivity contribution in [3.63, 3.8) is 0 Å². The second-order valence-corrected chi connectivity index (χ2v) is 9.44. The molecule has 1 aliphatic carbocycles. The molecule has 1 aromatic carbocycles. The molecular formula is C22H30ClN3O3S. The van der Waals surface area contributed by atoms with Crippen LogP contribution in [0, 0.1) is 5.92 Å². The standard InChI is InChI=1S/C22H30ClN3O3S/c1-15-5-8-17(9-6-15)25(2)20(27)14-30-22-24-19-13-16(23)7-10-18(19)21(28)26(22)11-4-12-29-3/h7,10,13,15,17H,4-6,8-9,11-12,14H2,1-3H3. The van der Waals surface area contributed by atoms with E-state index in [0.29, 0.717) is 46.7 Å². The molecule has 3 rings (SSSR count). The molecule has 0 spiro atoms. The van der Waals surface area contributed by atoms with Gasteiger partial charge in [-0.15, -0.1) is 0 Å². The Bertz CT molecular complexity index is 941. The van der Waals surface area contributed by atoms with Crippen molar-refractivity contribution in [3.8, 4) is 0 Å². The lowest BCUT2D eigenvalue weighted by Crippen LogP contribution is -2.40. The van der Waals surface area contributed by atoms with E-state index in [1.807, 2.05) is 11.9 Å². The third-order valence-corrected chi connectivity index (χ3v) is 7.06. The van der Waals surface area contributed by atoms with Gasteiger partial charge in [-0.05, 0) is 56.2 Å². The van der Waals surface area contributed by atoms with Crippen LogP contribution in [0.1, 0.15) is 39.0 Å². The Kier molecular flexibility index (Phi) is 8.20. The van der Waals surface area contributed by atoms with E-state index in [9.17, 15) is 9.59 Å². The molecule has 0 unspecified atom stereocenters. The van der Waals surface area contributed by atoms with Crippen LogP contribution in [0.3, 0.4) is 0 Å². The Labute approximate surface area is 186 Å². The molecule has 1 fully saturated rings. The Morgan fingerprint density at radius 1 is 1.33 bits per heavy atom. The number of benzene rings is 1. The van der Waals surface area contributed by atoms with Crippen LogP contribution in [0.2, 0.25) is 5.02 Å². The second-order valence-electron chi connectivity index (χ2n) is 8.07. The lowest BCUT2D eigenvalue weighted by atomic mass is 9.87. The third kappa shape index (κ3) is 5.56. The minimum Gasteiger partial charge on any atom is -0.385 e. The number of carbonyl (C=O) groups excluding carboxylic acids is 1. The molecule has 1 heterocycles. The highest BCUT2D eigenvalue weighted by molar-refractivity contribution is 7.99. The lowest BCUT2D eigenvalue weighted by Gasteiger charge is -2.33. The average molecular weight is 452 g/mol. The van der Waals surface area contributed by atoms with Crippen molar-refractivity contribution in [2.45, 2.75) is 56.8 Å². The normalized spacial score (nSPS) is 19.2. The number of rotatable bonds is 8. The summed E-state index contributed by atoms with van der Waals surface area (Å²) >= 11 is 7.42. The maximum atomic E-state index is 13.0. The van der Waals surface area contributed by atoms with Gasteiger partial charge in [0.15, 0.2) is 5.16 Å². The molecule has 1 amide bonds. The van der Waals surface area contributed by atoms with Crippen LogP contribution in [0.25, 0.3) is 10.9 Å². The van der Waals surface area contributed by atoms with Gasteiger partial charge in [-0.2, -0.15) is 0 Å². The predicted molar refractivity (Wildman–Crippen MR) is 122 cm³/mol. The van der Waals surface area contributed by atoms with Gasteiger partial charge in [0.2, 0.25) is 5.91 Å². The summed E-state index contributed by atoms with van der Waals surface area (Å²) in [4.78, 5) is 32.4. The highest BCUT2D eigenvalue weighted by Crippen LogP contribution is 2.27. The zero-order chi connectivity index (χ0) is 21.7. The molecule has 1 saturated carbocycles. The predicted octanol–water partition coefficient (Wildman–Crippen LogP) is 4.22. The third-order valence-electron chi connectivity index (χ3n) is 5.86. The largest absolute Gasteiger partial charge is 0.385 e. The second kappa shape index (κ2) is 10.6. The van der Waals surface area contributed by atoms with Gasteiger partial charge in [0.25, 0.3) is 5.56 Å².